The first-order chi connectivity index (χ1) is 17.0. The summed E-state index contributed by atoms with van der Waals surface area (Å²) in [5.41, 5.74) is 1.32. The van der Waals surface area contributed by atoms with E-state index in [2.05, 4.69) is 0 Å². The minimum absolute atomic E-state index is 0.0629. The fraction of sp³-hybridized carbons (Fsp3) is 0.346. The van der Waals surface area contributed by atoms with E-state index in [9.17, 15) is 14.4 Å². The second-order valence-corrected chi connectivity index (χ2v) is 8.32. The van der Waals surface area contributed by atoms with Gasteiger partial charge in [-0.1, -0.05) is 18.2 Å². The van der Waals surface area contributed by atoms with E-state index in [1.165, 1.54) is 32.3 Å². The molecular formula is C26H29N3O6. The summed E-state index contributed by atoms with van der Waals surface area (Å²) >= 11 is 0. The second kappa shape index (κ2) is 10.5. The van der Waals surface area contributed by atoms with Gasteiger partial charge in [-0.3, -0.25) is 9.59 Å². The molecule has 0 saturated carbocycles. The first kappa shape index (κ1) is 24.1. The minimum atomic E-state index is -0.298. The lowest BCUT2D eigenvalue weighted by atomic mass is 10.0. The number of methoxy groups -OCH3 is 3. The van der Waals surface area contributed by atoms with Crippen molar-refractivity contribution in [3.8, 4) is 17.2 Å². The lowest BCUT2D eigenvalue weighted by molar-refractivity contribution is -0.127. The molecule has 4 amide bonds. The molecule has 4 rings (SSSR count). The molecule has 9 heteroatoms. The Hall–Kier alpha value is -4.01. The van der Waals surface area contributed by atoms with E-state index in [1.54, 1.807) is 52.3 Å². The Labute approximate surface area is 204 Å². The van der Waals surface area contributed by atoms with Gasteiger partial charge in [0.1, 0.15) is 6.54 Å². The van der Waals surface area contributed by atoms with Crippen molar-refractivity contribution in [1.29, 1.82) is 0 Å². The van der Waals surface area contributed by atoms with Crippen LogP contribution in [-0.2, 0) is 9.59 Å². The number of amides is 4. The lowest BCUT2D eigenvalue weighted by Crippen LogP contribution is -2.47. The molecule has 2 aliphatic rings. The maximum atomic E-state index is 13.0. The Kier molecular flexibility index (Phi) is 7.24. The number of hydrogen-bond donors (Lipinski definition) is 0. The molecule has 0 radical (unpaired) electrons. The molecule has 2 fully saturated rings. The molecule has 2 aliphatic heterocycles. The summed E-state index contributed by atoms with van der Waals surface area (Å²) in [6.45, 7) is 1.08. The van der Waals surface area contributed by atoms with E-state index in [-0.39, 0.29) is 30.4 Å². The predicted molar refractivity (Wildman–Crippen MR) is 131 cm³/mol. The van der Waals surface area contributed by atoms with Crippen LogP contribution in [0.3, 0.4) is 0 Å². The zero-order chi connectivity index (χ0) is 24.9. The number of carbonyl (C=O) groups excluding carboxylic acids is 3. The van der Waals surface area contributed by atoms with Crippen LogP contribution in [-0.4, -0.2) is 74.7 Å². The van der Waals surface area contributed by atoms with E-state index in [0.29, 0.717) is 48.9 Å². The molecule has 0 spiro atoms. The van der Waals surface area contributed by atoms with Crippen LogP contribution in [0.15, 0.2) is 48.5 Å². The van der Waals surface area contributed by atoms with Gasteiger partial charge in [-0.05, 0) is 48.7 Å². The highest BCUT2D eigenvalue weighted by molar-refractivity contribution is 6.19. The fourth-order valence-corrected chi connectivity index (χ4v) is 4.50. The minimum Gasteiger partial charge on any atom is -0.493 e. The van der Waals surface area contributed by atoms with Gasteiger partial charge in [0.15, 0.2) is 11.5 Å². The number of nitrogens with zero attached hydrogens (tertiary/aromatic N) is 3. The van der Waals surface area contributed by atoms with Crippen LogP contribution in [0.2, 0.25) is 0 Å². The average molecular weight is 480 g/mol. The number of likely N-dealkylation sites (tertiary alicyclic amines) is 1. The van der Waals surface area contributed by atoms with Crippen molar-refractivity contribution >= 4 is 29.6 Å². The normalized spacial score (nSPS) is 16.8. The van der Waals surface area contributed by atoms with Crippen molar-refractivity contribution in [2.24, 2.45) is 0 Å². The highest BCUT2D eigenvalue weighted by Crippen LogP contribution is 2.38. The number of ether oxygens (including phenoxy) is 3. The number of imide groups is 1. The summed E-state index contributed by atoms with van der Waals surface area (Å²) < 4.78 is 16.1. The quantitative estimate of drug-likeness (QED) is 0.448. The summed E-state index contributed by atoms with van der Waals surface area (Å²) in [4.78, 5) is 42.9. The van der Waals surface area contributed by atoms with Gasteiger partial charge in [0.2, 0.25) is 11.7 Å². The van der Waals surface area contributed by atoms with Crippen molar-refractivity contribution in [3.05, 3.63) is 54.1 Å². The van der Waals surface area contributed by atoms with Gasteiger partial charge in [-0.25, -0.2) is 9.69 Å². The summed E-state index contributed by atoms with van der Waals surface area (Å²) in [6, 6.07) is 12.1. The van der Waals surface area contributed by atoms with Crippen LogP contribution < -0.4 is 19.1 Å². The number of rotatable bonds is 7. The van der Waals surface area contributed by atoms with Crippen molar-refractivity contribution < 1.29 is 28.6 Å². The predicted octanol–water partition coefficient (Wildman–Crippen LogP) is 3.19. The Morgan fingerprint density at radius 3 is 2.14 bits per heavy atom. The number of urea groups is 1. The molecule has 0 unspecified atom stereocenters. The molecule has 0 atom stereocenters. The highest BCUT2D eigenvalue weighted by atomic mass is 16.5. The van der Waals surface area contributed by atoms with Crippen LogP contribution in [0.25, 0.3) is 6.08 Å². The van der Waals surface area contributed by atoms with E-state index in [4.69, 9.17) is 14.2 Å². The summed E-state index contributed by atoms with van der Waals surface area (Å²) in [6.07, 6.45) is 4.46. The largest absolute Gasteiger partial charge is 0.493 e. The molecule has 0 N–H and O–H groups in total. The van der Waals surface area contributed by atoms with E-state index in [0.717, 1.165) is 5.56 Å². The van der Waals surface area contributed by atoms with Crippen LogP contribution >= 0.6 is 0 Å². The van der Waals surface area contributed by atoms with Crippen LogP contribution in [0.4, 0.5) is 10.5 Å². The van der Waals surface area contributed by atoms with Gasteiger partial charge in [0.05, 0.1) is 27.0 Å². The van der Waals surface area contributed by atoms with E-state index >= 15 is 0 Å². The third kappa shape index (κ3) is 4.94. The van der Waals surface area contributed by atoms with Crippen molar-refractivity contribution in [3.63, 3.8) is 0 Å². The van der Waals surface area contributed by atoms with Crippen molar-refractivity contribution in [1.82, 2.24) is 9.80 Å². The monoisotopic (exact) mass is 479 g/mol. The molecule has 0 aliphatic carbocycles. The maximum absolute atomic E-state index is 13.0. The molecule has 0 bridgehead atoms. The van der Waals surface area contributed by atoms with Gasteiger partial charge in [-0.2, -0.15) is 0 Å². The number of carbonyl (C=O) groups is 3. The van der Waals surface area contributed by atoms with Gasteiger partial charge < -0.3 is 24.0 Å². The smallest absolute Gasteiger partial charge is 0.332 e. The summed E-state index contributed by atoms with van der Waals surface area (Å²) in [5.74, 6) is 1.16. The maximum Gasteiger partial charge on any atom is 0.332 e. The molecule has 2 heterocycles. The van der Waals surface area contributed by atoms with Gasteiger partial charge in [0.25, 0.3) is 5.91 Å². The van der Waals surface area contributed by atoms with Gasteiger partial charge in [-0.15, -0.1) is 0 Å². The first-order valence-electron chi connectivity index (χ1n) is 11.4. The second-order valence-electron chi connectivity index (χ2n) is 8.32. The molecule has 2 saturated heterocycles. The fourth-order valence-electron chi connectivity index (χ4n) is 4.50. The molecule has 2 aromatic rings. The standard InChI is InChI=1S/C26H29N3O6/c1-33-21-15-18(16-22(34-2)25(21)35-3)9-10-23(30)27-13-11-19(12-14-27)28-17-24(31)29(26(28)32)20-7-5-4-6-8-20/h4-10,15-16,19H,11-14,17H2,1-3H3/b10-9+. The molecule has 9 nitrogen and oxygen atoms in total. The van der Waals surface area contributed by atoms with Crippen molar-refractivity contribution in [2.45, 2.75) is 18.9 Å². The van der Waals surface area contributed by atoms with Crippen molar-refractivity contribution in [2.75, 3.05) is 45.9 Å². The lowest BCUT2D eigenvalue weighted by Gasteiger charge is -2.35. The summed E-state index contributed by atoms with van der Waals surface area (Å²) in [7, 11) is 4.61. The van der Waals surface area contributed by atoms with Crippen LogP contribution in [0, 0.1) is 0 Å². The van der Waals surface area contributed by atoms with Crippen LogP contribution in [0.5, 0.6) is 17.2 Å². The summed E-state index contributed by atoms with van der Waals surface area (Å²) in [5, 5.41) is 0. The molecular weight excluding hydrogens is 450 g/mol. The Balaban J connectivity index is 1.37. The SMILES string of the molecule is COc1cc(/C=C/C(=O)N2CCC(N3CC(=O)N(c4ccccc4)C3=O)CC2)cc(OC)c1OC. The zero-order valence-corrected chi connectivity index (χ0v) is 20.1. The zero-order valence-electron chi connectivity index (χ0n) is 20.1. The molecule has 35 heavy (non-hydrogen) atoms. The Morgan fingerprint density at radius 2 is 1.57 bits per heavy atom. The molecule has 2 aromatic carbocycles. The highest BCUT2D eigenvalue weighted by Gasteiger charge is 2.41. The third-order valence-corrected chi connectivity index (χ3v) is 6.33. The Bertz CT molecular complexity index is 1100. The molecule has 184 valence electrons. The van der Waals surface area contributed by atoms with E-state index in [1.807, 2.05) is 6.07 Å². The third-order valence-electron chi connectivity index (χ3n) is 6.33. The number of anilines is 1. The van der Waals surface area contributed by atoms with Gasteiger partial charge in [0, 0.05) is 25.2 Å². The molecule has 0 aromatic heterocycles. The first-order valence-corrected chi connectivity index (χ1v) is 11.4. The topological polar surface area (TPSA) is 88.6 Å². The van der Waals surface area contributed by atoms with E-state index < -0.39 is 0 Å². The average Bonchev–Trinajstić information content (AvgIpc) is 3.20. The number of hydrogen-bond acceptors (Lipinski definition) is 6. The van der Waals surface area contributed by atoms with Gasteiger partial charge >= 0.3 is 6.03 Å². The Morgan fingerprint density at radius 1 is 0.943 bits per heavy atom. The number of para-hydroxylation sites is 1. The van der Waals surface area contributed by atoms with Crippen LogP contribution in [0.1, 0.15) is 18.4 Å². The number of piperidine rings is 1. The number of benzene rings is 2.